The van der Waals surface area contributed by atoms with Crippen molar-refractivity contribution in [1.82, 2.24) is 14.4 Å². The molecule has 0 saturated carbocycles. The predicted molar refractivity (Wildman–Crippen MR) is 142 cm³/mol. The number of fused-ring (bicyclic) bond motifs is 5. The molecule has 1 spiro atoms. The number of aromatic hydroxyl groups is 1. The van der Waals surface area contributed by atoms with E-state index in [4.69, 9.17) is 9.47 Å². The van der Waals surface area contributed by atoms with Crippen molar-refractivity contribution in [2.45, 2.75) is 50.5 Å². The van der Waals surface area contributed by atoms with Crippen LogP contribution in [0.1, 0.15) is 57.8 Å². The number of pyridine rings is 1. The fourth-order valence-electron chi connectivity index (χ4n) is 6.14. The minimum Gasteiger partial charge on any atom is -0.503 e. The minimum absolute atomic E-state index is 0.0335. The molecule has 2 saturated heterocycles. The van der Waals surface area contributed by atoms with Gasteiger partial charge in [0.25, 0.3) is 11.8 Å². The quantitative estimate of drug-likeness (QED) is 0.492. The number of aromatic nitrogens is 1. The molecule has 1 aromatic heterocycles. The average Bonchev–Trinajstić information content (AvgIpc) is 3.40. The third kappa shape index (κ3) is 4.64. The van der Waals surface area contributed by atoms with Crippen molar-refractivity contribution in [2.75, 3.05) is 19.9 Å². The SMILES string of the molecule is CC1CCC2(COCO2)C2CN1C(=O)c1c(O)c(=O)c(C(=O)N(Cc3ccccc3)Cc3c(F)cc(F)cc3F)cn12. The predicted octanol–water partition coefficient (Wildman–Crippen LogP) is 3.74. The number of carbonyl (C=O) groups is 2. The second kappa shape index (κ2) is 10.6. The van der Waals surface area contributed by atoms with E-state index in [1.54, 1.807) is 35.2 Å². The van der Waals surface area contributed by atoms with Gasteiger partial charge in [-0.3, -0.25) is 14.4 Å². The molecule has 2 fully saturated rings. The molecule has 12 heteroatoms. The Kier molecular flexibility index (Phi) is 7.06. The highest BCUT2D eigenvalue weighted by atomic mass is 19.1. The Labute approximate surface area is 238 Å². The zero-order valence-corrected chi connectivity index (χ0v) is 22.7. The molecule has 1 N–H and O–H groups in total. The number of halogens is 3. The van der Waals surface area contributed by atoms with Gasteiger partial charge in [-0.05, 0) is 25.3 Å². The van der Waals surface area contributed by atoms with E-state index in [0.717, 1.165) is 4.90 Å². The molecule has 42 heavy (non-hydrogen) atoms. The average molecular weight is 584 g/mol. The van der Waals surface area contributed by atoms with Crippen molar-refractivity contribution in [3.8, 4) is 5.75 Å². The van der Waals surface area contributed by atoms with Crippen LogP contribution in [0.3, 0.4) is 0 Å². The number of ether oxygens (including phenoxy) is 2. The van der Waals surface area contributed by atoms with Gasteiger partial charge in [0.15, 0.2) is 11.4 Å². The van der Waals surface area contributed by atoms with E-state index in [2.05, 4.69) is 0 Å². The van der Waals surface area contributed by atoms with Gasteiger partial charge in [0.05, 0.1) is 19.2 Å². The Balaban J connectivity index is 1.47. The summed E-state index contributed by atoms with van der Waals surface area (Å²) in [6.45, 7) is 1.53. The molecule has 3 unspecified atom stereocenters. The number of hydrogen-bond acceptors (Lipinski definition) is 6. The Bertz CT molecular complexity index is 1600. The molecule has 0 aliphatic carbocycles. The first-order valence-electron chi connectivity index (χ1n) is 13.6. The van der Waals surface area contributed by atoms with Crippen LogP contribution in [0.25, 0.3) is 0 Å². The van der Waals surface area contributed by atoms with Crippen LogP contribution in [-0.4, -0.2) is 62.9 Å². The van der Waals surface area contributed by atoms with Gasteiger partial charge in [0, 0.05) is 43.0 Å². The van der Waals surface area contributed by atoms with Crippen molar-refractivity contribution in [2.24, 2.45) is 0 Å². The zero-order valence-electron chi connectivity index (χ0n) is 22.7. The van der Waals surface area contributed by atoms with Gasteiger partial charge < -0.3 is 28.9 Å². The van der Waals surface area contributed by atoms with Crippen LogP contribution in [-0.2, 0) is 22.6 Å². The van der Waals surface area contributed by atoms with Gasteiger partial charge in [-0.1, -0.05) is 30.3 Å². The van der Waals surface area contributed by atoms with Gasteiger partial charge in [-0.15, -0.1) is 0 Å². The lowest BCUT2D eigenvalue weighted by Gasteiger charge is -2.42. The third-order valence-electron chi connectivity index (χ3n) is 8.47. The summed E-state index contributed by atoms with van der Waals surface area (Å²) in [5.74, 6) is -5.89. The highest BCUT2D eigenvalue weighted by molar-refractivity contribution is 5.99. The molecule has 2 amide bonds. The van der Waals surface area contributed by atoms with Crippen LogP contribution in [0, 0.1) is 17.5 Å². The van der Waals surface area contributed by atoms with Crippen molar-refractivity contribution in [3.05, 3.63) is 98.7 Å². The number of hydrogen-bond donors (Lipinski definition) is 1. The maximum atomic E-state index is 14.7. The van der Waals surface area contributed by atoms with Crippen LogP contribution >= 0.6 is 0 Å². The lowest BCUT2D eigenvalue weighted by atomic mass is 9.89. The number of amides is 2. The molecule has 2 bridgehead atoms. The third-order valence-corrected chi connectivity index (χ3v) is 8.47. The van der Waals surface area contributed by atoms with Gasteiger partial charge in [-0.2, -0.15) is 0 Å². The van der Waals surface area contributed by atoms with E-state index >= 15 is 0 Å². The van der Waals surface area contributed by atoms with Crippen molar-refractivity contribution in [1.29, 1.82) is 0 Å². The fourth-order valence-corrected chi connectivity index (χ4v) is 6.14. The van der Waals surface area contributed by atoms with E-state index in [-0.39, 0.29) is 38.2 Å². The summed E-state index contributed by atoms with van der Waals surface area (Å²) < 4.78 is 56.0. The number of carbonyl (C=O) groups excluding carboxylic acids is 2. The van der Waals surface area contributed by atoms with Gasteiger partial charge in [0.2, 0.25) is 5.43 Å². The summed E-state index contributed by atoms with van der Waals surface area (Å²) in [5.41, 5.74) is -2.70. The molecular weight excluding hydrogens is 555 g/mol. The molecule has 6 rings (SSSR count). The number of nitrogens with zero attached hydrogens (tertiary/aromatic N) is 3. The van der Waals surface area contributed by atoms with E-state index in [9.17, 15) is 32.7 Å². The van der Waals surface area contributed by atoms with Gasteiger partial charge >= 0.3 is 0 Å². The smallest absolute Gasteiger partial charge is 0.274 e. The maximum Gasteiger partial charge on any atom is 0.274 e. The highest BCUT2D eigenvalue weighted by Crippen LogP contribution is 2.44. The first-order valence-corrected chi connectivity index (χ1v) is 13.6. The largest absolute Gasteiger partial charge is 0.503 e. The van der Waals surface area contributed by atoms with E-state index in [1.807, 2.05) is 6.92 Å². The molecule has 9 nitrogen and oxygen atoms in total. The molecular formula is C30H28F3N3O6. The first-order chi connectivity index (χ1) is 20.1. The molecule has 0 radical (unpaired) electrons. The van der Waals surface area contributed by atoms with Crippen LogP contribution in [0.4, 0.5) is 13.2 Å². The van der Waals surface area contributed by atoms with E-state index < -0.39 is 69.8 Å². The second-order valence-corrected chi connectivity index (χ2v) is 11.0. The summed E-state index contributed by atoms with van der Waals surface area (Å²) in [5, 5.41) is 11.1. The summed E-state index contributed by atoms with van der Waals surface area (Å²) in [6, 6.07) is 8.79. The summed E-state index contributed by atoms with van der Waals surface area (Å²) in [6.07, 6.45) is 2.34. The van der Waals surface area contributed by atoms with E-state index in [1.165, 1.54) is 10.8 Å². The van der Waals surface area contributed by atoms with Crippen LogP contribution in [0.5, 0.6) is 5.75 Å². The second-order valence-electron chi connectivity index (χ2n) is 11.0. The fraction of sp³-hybridized carbons (Fsp3) is 0.367. The maximum absolute atomic E-state index is 14.7. The summed E-state index contributed by atoms with van der Waals surface area (Å²) >= 11 is 0. The van der Waals surface area contributed by atoms with Crippen molar-refractivity contribution < 1.29 is 37.3 Å². The molecule has 3 aliphatic heterocycles. The summed E-state index contributed by atoms with van der Waals surface area (Å²) in [7, 11) is 0. The molecule has 220 valence electrons. The number of rotatable bonds is 5. The van der Waals surface area contributed by atoms with Crippen molar-refractivity contribution >= 4 is 11.8 Å². The lowest BCUT2D eigenvalue weighted by molar-refractivity contribution is -0.0477. The highest BCUT2D eigenvalue weighted by Gasteiger charge is 2.52. The normalized spacial score (nSPS) is 23.1. The Morgan fingerprint density at radius 3 is 2.50 bits per heavy atom. The standard InChI is InChI=1S/C30H28F3N3O6/c1-17-7-8-30(15-41-16-42-30)24-14-35(17)29(40)25-27(38)26(37)21(13-36(24)25)28(39)34(11-18-5-3-2-4-6-18)12-20-22(32)9-19(31)10-23(20)33/h2-6,9-10,13,17,24,38H,7-8,11-12,14-16H2,1H3. The minimum atomic E-state index is -1.19. The van der Waals surface area contributed by atoms with Crippen LogP contribution < -0.4 is 5.43 Å². The Hall–Kier alpha value is -4.16. The summed E-state index contributed by atoms with van der Waals surface area (Å²) in [4.78, 5) is 43.6. The van der Waals surface area contributed by atoms with Crippen LogP contribution in [0.15, 0.2) is 53.5 Å². The van der Waals surface area contributed by atoms with Gasteiger partial charge in [0.1, 0.15) is 35.4 Å². The lowest BCUT2D eigenvalue weighted by Crippen LogP contribution is -2.53. The Morgan fingerprint density at radius 1 is 1.12 bits per heavy atom. The molecule has 2 aromatic carbocycles. The molecule has 3 atom stereocenters. The van der Waals surface area contributed by atoms with Crippen molar-refractivity contribution in [3.63, 3.8) is 0 Å². The number of benzene rings is 2. The first kappa shape index (κ1) is 28.0. The molecule has 3 aromatic rings. The molecule has 3 aliphatic rings. The van der Waals surface area contributed by atoms with E-state index in [0.29, 0.717) is 30.5 Å². The molecule has 4 heterocycles. The Morgan fingerprint density at radius 2 is 1.83 bits per heavy atom. The van der Waals surface area contributed by atoms with Gasteiger partial charge in [-0.25, -0.2) is 13.2 Å². The van der Waals surface area contributed by atoms with Crippen LogP contribution in [0.2, 0.25) is 0 Å². The monoisotopic (exact) mass is 583 g/mol. The topological polar surface area (TPSA) is 101 Å². The zero-order chi connectivity index (χ0) is 29.8.